The predicted molar refractivity (Wildman–Crippen MR) is 135 cm³/mol. The number of benzene rings is 1. The highest BCUT2D eigenvalue weighted by Gasteiger charge is 2.38. The third-order valence-corrected chi connectivity index (χ3v) is 6.62. The van der Waals surface area contributed by atoms with Gasteiger partial charge in [-0.15, -0.1) is 10.2 Å². The van der Waals surface area contributed by atoms with Gasteiger partial charge in [0.05, 0.1) is 40.9 Å². The van der Waals surface area contributed by atoms with E-state index in [4.69, 9.17) is 0 Å². The fraction of sp³-hybridized carbons (Fsp3) is 0.296. The van der Waals surface area contributed by atoms with E-state index in [1.54, 1.807) is 30.3 Å². The Morgan fingerprint density at radius 1 is 1.21 bits per heavy atom. The van der Waals surface area contributed by atoms with Gasteiger partial charge in [0, 0.05) is 36.7 Å². The lowest BCUT2D eigenvalue weighted by atomic mass is 10.1. The molecule has 1 fully saturated rings. The van der Waals surface area contributed by atoms with Gasteiger partial charge < -0.3 is 14.1 Å². The molecule has 5 rings (SSSR count). The van der Waals surface area contributed by atoms with Gasteiger partial charge in [-0.05, 0) is 61.7 Å². The number of nitrogens with zero attached hydrogens (tertiary/aromatic N) is 6. The van der Waals surface area contributed by atoms with Crippen LogP contribution in [0.5, 0.6) is 0 Å². The number of rotatable bonds is 6. The molecule has 1 N–H and O–H groups in total. The van der Waals surface area contributed by atoms with Crippen LogP contribution in [0, 0.1) is 18.3 Å². The van der Waals surface area contributed by atoms with Crippen molar-refractivity contribution in [2.24, 2.45) is 0 Å². The maximum Gasteiger partial charge on any atom is 0.470 e. The largest absolute Gasteiger partial charge is 0.470 e. The minimum Gasteiger partial charge on any atom is -0.413 e. The number of likely N-dealkylation sites (tertiary alicyclic amines) is 1. The molecular weight excluding hydrogens is 513 g/mol. The van der Waals surface area contributed by atoms with Crippen molar-refractivity contribution in [3.8, 4) is 11.8 Å². The Kier molecular flexibility index (Phi) is 7.03. The molecule has 200 valence electrons. The number of piperidine rings is 1. The van der Waals surface area contributed by atoms with Gasteiger partial charge in [-0.2, -0.15) is 18.4 Å². The number of nitriles is 1. The highest BCUT2D eigenvalue weighted by atomic mass is 19.4. The molecule has 0 saturated carbocycles. The zero-order chi connectivity index (χ0) is 27.7. The van der Waals surface area contributed by atoms with E-state index >= 15 is 0 Å². The first-order valence-corrected chi connectivity index (χ1v) is 12.2. The molecule has 3 aromatic heterocycles. The minimum atomic E-state index is -4.74. The fourth-order valence-electron chi connectivity index (χ4n) is 4.68. The third-order valence-electron chi connectivity index (χ3n) is 6.62. The van der Waals surface area contributed by atoms with Gasteiger partial charge in [-0.1, -0.05) is 0 Å². The van der Waals surface area contributed by atoms with Crippen LogP contribution in [0.3, 0.4) is 0 Å². The van der Waals surface area contributed by atoms with Crippen LogP contribution in [-0.4, -0.2) is 61.3 Å². The lowest BCUT2D eigenvalue weighted by molar-refractivity contribution is -0.157. The van der Waals surface area contributed by atoms with Gasteiger partial charge >= 0.3 is 12.1 Å². The molecule has 4 aromatic rings. The Morgan fingerprint density at radius 3 is 2.56 bits per heavy atom. The Bertz CT molecular complexity index is 1590. The van der Waals surface area contributed by atoms with Crippen molar-refractivity contribution in [1.29, 1.82) is 5.26 Å². The van der Waals surface area contributed by atoms with Crippen LogP contribution in [0.15, 0.2) is 40.9 Å². The smallest absolute Gasteiger partial charge is 0.413 e. The van der Waals surface area contributed by atoms with Crippen molar-refractivity contribution in [3.63, 3.8) is 0 Å². The second kappa shape index (κ2) is 10.4. The van der Waals surface area contributed by atoms with E-state index in [1.807, 2.05) is 16.4 Å². The summed E-state index contributed by atoms with van der Waals surface area (Å²) in [5.74, 6) is -1.86. The number of hydrogen-bond donors (Lipinski definition) is 1. The fourth-order valence-corrected chi connectivity index (χ4v) is 4.68. The van der Waals surface area contributed by atoms with E-state index < -0.39 is 12.1 Å². The summed E-state index contributed by atoms with van der Waals surface area (Å²) in [5, 5.41) is 25.4. The summed E-state index contributed by atoms with van der Waals surface area (Å²) in [5.41, 5.74) is 3.94. The van der Waals surface area contributed by atoms with Gasteiger partial charge in [0.2, 0.25) is 5.89 Å². The average Bonchev–Trinajstić information content (AvgIpc) is 3.51. The summed E-state index contributed by atoms with van der Waals surface area (Å²) in [6, 6.07) is 10.7. The summed E-state index contributed by atoms with van der Waals surface area (Å²) >= 11 is 0. The monoisotopic (exact) mass is 536 g/mol. The predicted octanol–water partition coefficient (Wildman–Crippen LogP) is 4.42. The van der Waals surface area contributed by atoms with Crippen LogP contribution < -0.4 is 0 Å². The number of pyridine rings is 1. The summed E-state index contributed by atoms with van der Waals surface area (Å²) in [6.45, 7) is 3.24. The highest BCUT2D eigenvalue weighted by Crippen LogP contribution is 2.31. The number of halogens is 3. The first-order valence-electron chi connectivity index (χ1n) is 12.2. The zero-order valence-corrected chi connectivity index (χ0v) is 20.8. The molecule has 9 nitrogen and oxygen atoms in total. The van der Waals surface area contributed by atoms with Crippen LogP contribution in [0.4, 0.5) is 13.2 Å². The van der Waals surface area contributed by atoms with Gasteiger partial charge in [-0.25, -0.2) is 0 Å². The Morgan fingerprint density at radius 2 is 1.92 bits per heavy atom. The second-order valence-electron chi connectivity index (χ2n) is 9.30. The molecule has 1 aliphatic heterocycles. The second-order valence-corrected chi connectivity index (χ2v) is 9.30. The number of alkyl halides is 3. The van der Waals surface area contributed by atoms with Gasteiger partial charge in [0.15, 0.2) is 5.78 Å². The molecule has 0 aliphatic carbocycles. The molecule has 0 bridgehead atoms. The molecule has 12 heteroatoms. The molecule has 1 saturated heterocycles. The van der Waals surface area contributed by atoms with Gasteiger partial charge in [-0.3, -0.25) is 14.7 Å². The molecule has 0 amide bonds. The molecule has 0 spiro atoms. The molecule has 39 heavy (non-hydrogen) atoms. The lowest BCUT2D eigenvalue weighted by Gasteiger charge is -2.28. The number of carbonyl (C=O) groups excluding carboxylic acids is 1. The van der Waals surface area contributed by atoms with E-state index in [0.29, 0.717) is 65.0 Å². The van der Waals surface area contributed by atoms with Crippen molar-refractivity contribution >= 4 is 29.0 Å². The molecular formula is C27H23F3N6O3. The van der Waals surface area contributed by atoms with Crippen LogP contribution in [0.2, 0.25) is 0 Å². The van der Waals surface area contributed by atoms with E-state index in [2.05, 4.69) is 25.7 Å². The van der Waals surface area contributed by atoms with Crippen LogP contribution in [-0.2, 0) is 6.18 Å². The first-order chi connectivity index (χ1) is 18.6. The number of aromatic nitrogens is 4. The van der Waals surface area contributed by atoms with Crippen molar-refractivity contribution < 1.29 is 27.5 Å². The number of aliphatic hydroxyl groups is 1. The summed E-state index contributed by atoms with van der Waals surface area (Å²) < 4.78 is 44.8. The quantitative estimate of drug-likeness (QED) is 0.360. The number of Topliss-reactive ketones (excluding diaryl/α,β-unsaturated/α-hetero) is 1. The van der Waals surface area contributed by atoms with Crippen molar-refractivity contribution in [1.82, 2.24) is 24.6 Å². The SMILES string of the molecule is Cc1c(C(=O)CN2CCC(O)CC2)c2ncc(C=Cc3nnc(C(F)(F)F)o3)cc2n1-c1ccc(C#N)cc1. The number of fused-ring (bicyclic) bond motifs is 1. The Hall–Kier alpha value is -4.34. The van der Waals surface area contributed by atoms with E-state index in [9.17, 15) is 28.3 Å². The van der Waals surface area contributed by atoms with Gasteiger partial charge in [0.1, 0.15) is 0 Å². The van der Waals surface area contributed by atoms with Gasteiger partial charge in [0.25, 0.3) is 0 Å². The minimum absolute atomic E-state index is 0.109. The maximum absolute atomic E-state index is 13.5. The number of ketones is 1. The lowest BCUT2D eigenvalue weighted by Crippen LogP contribution is -2.39. The van der Waals surface area contributed by atoms with Crippen molar-refractivity contribution in [2.45, 2.75) is 32.0 Å². The van der Waals surface area contributed by atoms with Crippen LogP contribution >= 0.6 is 0 Å². The first kappa shape index (κ1) is 26.3. The van der Waals surface area contributed by atoms with E-state index in [0.717, 1.165) is 0 Å². The number of carbonyl (C=O) groups is 1. The average molecular weight is 537 g/mol. The molecule has 4 heterocycles. The maximum atomic E-state index is 13.5. The van der Waals surface area contributed by atoms with Crippen LogP contribution in [0.1, 0.15) is 51.8 Å². The summed E-state index contributed by atoms with van der Waals surface area (Å²) in [4.78, 5) is 20.1. The van der Waals surface area contributed by atoms with E-state index in [1.165, 1.54) is 18.3 Å². The summed E-state index contributed by atoms with van der Waals surface area (Å²) in [7, 11) is 0. The topological polar surface area (TPSA) is 121 Å². The molecule has 1 aromatic carbocycles. The third kappa shape index (κ3) is 5.45. The molecule has 0 atom stereocenters. The van der Waals surface area contributed by atoms with Crippen molar-refractivity contribution in [3.05, 3.63) is 70.7 Å². The number of hydrogen-bond acceptors (Lipinski definition) is 8. The highest BCUT2D eigenvalue weighted by molar-refractivity contribution is 6.09. The summed E-state index contributed by atoms with van der Waals surface area (Å²) in [6.07, 6.45) is 0.384. The molecule has 0 radical (unpaired) electrons. The van der Waals surface area contributed by atoms with Crippen LogP contribution in [0.25, 0.3) is 28.9 Å². The Labute approximate surface area is 220 Å². The molecule has 0 unspecified atom stereocenters. The normalized spacial score (nSPS) is 15.3. The zero-order valence-electron chi connectivity index (χ0n) is 20.8. The standard InChI is InChI=1S/C27H23F3N6O3/c1-16-24(22(38)15-35-10-8-20(37)9-11-35)25-21(36(16)19-5-2-17(13-31)3-6-19)12-18(14-32-25)4-7-23-33-34-26(39-23)27(28,29)30/h2-7,12,14,20,37H,8-11,15H2,1H3. The molecule has 1 aliphatic rings. The number of aliphatic hydroxyl groups excluding tert-OH is 1. The Balaban J connectivity index is 1.54. The van der Waals surface area contributed by atoms with Crippen molar-refractivity contribution in [2.75, 3.05) is 19.6 Å². The van der Waals surface area contributed by atoms with E-state index in [-0.39, 0.29) is 24.3 Å².